The fraction of sp³-hybridized carbons (Fsp3) is 0.471. The van der Waals surface area contributed by atoms with E-state index in [2.05, 4.69) is 84.5 Å². The van der Waals surface area contributed by atoms with Crippen molar-refractivity contribution in [1.82, 2.24) is 24.1 Å². The predicted octanol–water partition coefficient (Wildman–Crippen LogP) is 3.28. The molecule has 13 heteroatoms. The second-order valence-corrected chi connectivity index (χ2v) is 14.7. The second-order valence-electron chi connectivity index (χ2n) is 12.8. The molecule has 0 radical (unpaired) electrons. The van der Waals surface area contributed by atoms with E-state index in [9.17, 15) is 18.0 Å². The molecule has 0 saturated carbocycles. The molecule has 0 spiro atoms. The second kappa shape index (κ2) is 15.9. The van der Waals surface area contributed by atoms with Crippen molar-refractivity contribution in [3.8, 4) is 0 Å². The Balaban J connectivity index is 0.000000488. The number of carboxylic acids is 2. The first-order valence-corrected chi connectivity index (χ1v) is 17.5. The molecule has 1 atom stereocenters. The van der Waals surface area contributed by atoms with Gasteiger partial charge in [-0.1, -0.05) is 12.1 Å². The Kier molecular flexibility index (Phi) is 12.2. The molecular formula is C34H47N5O7S. The number of aliphatic carboxylic acids is 2. The van der Waals surface area contributed by atoms with Gasteiger partial charge >= 0.3 is 11.9 Å². The third-order valence-corrected chi connectivity index (χ3v) is 10.2. The first-order chi connectivity index (χ1) is 22.2. The summed E-state index contributed by atoms with van der Waals surface area (Å²) in [6, 6.07) is 12.8. The average molecular weight is 670 g/mol. The molecule has 2 aromatic heterocycles. The number of carboxylic acid groups (broad SMARTS) is 2. The number of sulfonamides is 1. The van der Waals surface area contributed by atoms with Crippen LogP contribution in [-0.2, 0) is 44.6 Å². The van der Waals surface area contributed by atoms with Crippen LogP contribution in [0.5, 0.6) is 0 Å². The third-order valence-electron chi connectivity index (χ3n) is 8.37. The summed E-state index contributed by atoms with van der Waals surface area (Å²) in [5, 5.41) is 26.6. The zero-order chi connectivity index (χ0) is 34.3. The molecular weight excluding hydrogens is 622 g/mol. The Hall–Kier alpha value is -3.75. The number of fused-ring (bicyclic) bond motifs is 2. The summed E-state index contributed by atoms with van der Waals surface area (Å²) in [7, 11) is 5.13. The molecule has 0 amide bonds. The molecule has 2 aromatic carbocycles. The van der Waals surface area contributed by atoms with Crippen LogP contribution in [0.15, 0.2) is 42.6 Å². The van der Waals surface area contributed by atoms with Crippen LogP contribution in [0.4, 0.5) is 0 Å². The van der Waals surface area contributed by atoms with Gasteiger partial charge in [-0.15, -0.1) is 0 Å². The molecule has 5 N–H and O–H groups in total. The predicted molar refractivity (Wildman–Crippen MR) is 183 cm³/mol. The van der Waals surface area contributed by atoms with Gasteiger partial charge in [-0.2, -0.15) is 0 Å². The molecule has 1 saturated heterocycles. The molecule has 256 valence electrons. The normalized spacial score (nSPS) is 14.6. The summed E-state index contributed by atoms with van der Waals surface area (Å²) in [6.45, 7) is 3.25. The quantitative estimate of drug-likeness (QED) is 0.135. The van der Waals surface area contributed by atoms with Crippen LogP contribution in [-0.4, -0.2) is 120 Å². The molecule has 1 aliphatic heterocycles. The highest BCUT2D eigenvalue weighted by atomic mass is 32.2. The van der Waals surface area contributed by atoms with Gasteiger partial charge in [-0.05, 0) is 100 Å². The van der Waals surface area contributed by atoms with Gasteiger partial charge in [-0.25, -0.2) is 17.5 Å². The number of benzene rings is 2. The van der Waals surface area contributed by atoms with Gasteiger partial charge < -0.3 is 35.1 Å². The number of nitrogens with one attached hydrogen (secondary N) is 2. The molecule has 1 unspecified atom stereocenters. The lowest BCUT2D eigenvalue weighted by atomic mass is 9.99. The summed E-state index contributed by atoms with van der Waals surface area (Å²) in [4.78, 5) is 30.9. The van der Waals surface area contributed by atoms with Gasteiger partial charge in [0.05, 0.1) is 12.2 Å². The van der Waals surface area contributed by atoms with Crippen LogP contribution in [0.3, 0.4) is 0 Å². The maximum atomic E-state index is 13.0. The Morgan fingerprint density at radius 1 is 0.894 bits per heavy atom. The van der Waals surface area contributed by atoms with Crippen molar-refractivity contribution in [2.45, 2.75) is 50.4 Å². The van der Waals surface area contributed by atoms with Crippen LogP contribution >= 0.6 is 0 Å². The van der Waals surface area contributed by atoms with E-state index in [1.165, 1.54) is 33.3 Å². The van der Waals surface area contributed by atoms with Crippen molar-refractivity contribution >= 4 is 43.8 Å². The molecule has 1 fully saturated rings. The molecule has 3 heterocycles. The van der Waals surface area contributed by atoms with Gasteiger partial charge in [0.2, 0.25) is 10.0 Å². The third kappa shape index (κ3) is 9.88. The highest BCUT2D eigenvalue weighted by molar-refractivity contribution is 7.88. The molecule has 0 bridgehead atoms. The van der Waals surface area contributed by atoms with E-state index in [4.69, 9.17) is 15.3 Å². The van der Waals surface area contributed by atoms with Crippen molar-refractivity contribution in [1.29, 1.82) is 0 Å². The standard InChI is InChI=1S/C30H41N5O2S.C4H6O5/c1-33(2)15-11-24-20-31-28-9-7-22(17-26(24)28)19-30-25(12-16-34(3)4)27-18-23(8-10-29(27)32-30)21-38(36,37)35-13-5-6-14-35;5-2(4(8)9)1-3(6)7/h7-10,17-18,20,31-32H,5-6,11-16,19,21H2,1-4H3;2,5H,1H2,(H,6,7)(H,8,9). The number of hydrogen-bond donors (Lipinski definition) is 5. The summed E-state index contributed by atoms with van der Waals surface area (Å²) >= 11 is 0. The van der Waals surface area contributed by atoms with Gasteiger partial charge in [0.15, 0.2) is 6.10 Å². The molecule has 12 nitrogen and oxygen atoms in total. The van der Waals surface area contributed by atoms with E-state index < -0.39 is 34.5 Å². The van der Waals surface area contributed by atoms with E-state index in [0.29, 0.717) is 13.1 Å². The first-order valence-electron chi connectivity index (χ1n) is 15.8. The number of aromatic nitrogens is 2. The highest BCUT2D eigenvalue weighted by Crippen LogP contribution is 2.29. The number of aromatic amines is 2. The Bertz CT molecular complexity index is 1790. The SMILES string of the molecule is CN(C)CCc1c[nH]c2ccc(Cc3[nH]c4ccc(CS(=O)(=O)N5CCCC5)cc4c3CCN(C)C)cc12.O=C(O)CC(O)C(=O)O. The van der Waals surface area contributed by atoms with Crippen molar-refractivity contribution in [2.75, 3.05) is 54.4 Å². The summed E-state index contributed by atoms with van der Waals surface area (Å²) in [6.07, 6.45) is 4.25. The molecule has 5 rings (SSSR count). The number of aliphatic hydroxyl groups is 1. The fourth-order valence-corrected chi connectivity index (χ4v) is 7.42. The van der Waals surface area contributed by atoms with E-state index >= 15 is 0 Å². The Morgan fingerprint density at radius 3 is 2.13 bits per heavy atom. The smallest absolute Gasteiger partial charge is 0.333 e. The average Bonchev–Trinajstić information content (AvgIpc) is 3.74. The Morgan fingerprint density at radius 2 is 1.51 bits per heavy atom. The topological polar surface area (TPSA) is 170 Å². The number of carbonyl (C=O) groups is 2. The number of nitrogens with zero attached hydrogens (tertiary/aromatic N) is 3. The maximum Gasteiger partial charge on any atom is 0.333 e. The lowest BCUT2D eigenvalue weighted by Gasteiger charge is -2.15. The summed E-state index contributed by atoms with van der Waals surface area (Å²) in [5.74, 6) is -2.78. The van der Waals surface area contributed by atoms with Gasteiger partial charge in [-0.3, -0.25) is 4.79 Å². The van der Waals surface area contributed by atoms with Gasteiger partial charge in [0.25, 0.3) is 0 Å². The number of H-pyrrole nitrogens is 2. The summed E-state index contributed by atoms with van der Waals surface area (Å²) in [5.41, 5.74) is 8.24. The Labute approximate surface area is 276 Å². The molecule has 0 aliphatic carbocycles. The van der Waals surface area contributed by atoms with Crippen LogP contribution in [0, 0.1) is 0 Å². The fourth-order valence-electron chi connectivity index (χ4n) is 5.82. The number of hydrogen-bond acceptors (Lipinski definition) is 7. The van der Waals surface area contributed by atoms with Crippen molar-refractivity contribution in [3.05, 3.63) is 70.5 Å². The van der Waals surface area contributed by atoms with E-state index in [0.717, 1.165) is 61.7 Å². The van der Waals surface area contributed by atoms with E-state index in [1.54, 1.807) is 4.31 Å². The molecule has 47 heavy (non-hydrogen) atoms. The largest absolute Gasteiger partial charge is 0.481 e. The van der Waals surface area contributed by atoms with Crippen LogP contribution in [0.25, 0.3) is 21.8 Å². The lowest BCUT2D eigenvalue weighted by Crippen LogP contribution is -2.29. The maximum absolute atomic E-state index is 13.0. The molecule has 1 aliphatic rings. The van der Waals surface area contributed by atoms with E-state index in [1.807, 2.05) is 6.07 Å². The number of aliphatic hydroxyl groups excluding tert-OH is 1. The number of rotatable bonds is 14. The van der Waals surface area contributed by atoms with Crippen LogP contribution < -0.4 is 0 Å². The van der Waals surface area contributed by atoms with Crippen LogP contribution in [0.2, 0.25) is 0 Å². The lowest BCUT2D eigenvalue weighted by molar-refractivity contribution is -0.152. The van der Waals surface area contributed by atoms with E-state index in [-0.39, 0.29) is 5.75 Å². The zero-order valence-electron chi connectivity index (χ0n) is 27.6. The monoisotopic (exact) mass is 669 g/mol. The van der Waals surface area contributed by atoms with Crippen LogP contribution in [0.1, 0.15) is 47.2 Å². The first kappa shape index (κ1) is 36.1. The minimum absolute atomic E-state index is 0.0659. The van der Waals surface area contributed by atoms with Crippen molar-refractivity contribution in [3.63, 3.8) is 0 Å². The minimum atomic E-state index is -3.28. The summed E-state index contributed by atoms with van der Waals surface area (Å²) < 4.78 is 27.6. The van der Waals surface area contributed by atoms with Crippen molar-refractivity contribution < 1.29 is 33.3 Å². The van der Waals surface area contributed by atoms with Gasteiger partial charge in [0, 0.05) is 66.3 Å². The zero-order valence-corrected chi connectivity index (χ0v) is 28.4. The molecule has 4 aromatic rings. The highest BCUT2D eigenvalue weighted by Gasteiger charge is 2.26. The van der Waals surface area contributed by atoms with Crippen molar-refractivity contribution in [2.24, 2.45) is 0 Å². The number of likely N-dealkylation sites (N-methyl/N-ethyl adjacent to an activating group) is 2. The van der Waals surface area contributed by atoms with Gasteiger partial charge in [0.1, 0.15) is 0 Å². The minimum Gasteiger partial charge on any atom is -0.481 e.